The lowest BCUT2D eigenvalue weighted by Crippen LogP contribution is -2.32. The number of nitrogens with zero attached hydrogens (tertiary/aromatic N) is 4. The number of aromatic carboxylic acids is 1. The molecule has 0 spiro atoms. The van der Waals surface area contributed by atoms with Gasteiger partial charge < -0.3 is 19.3 Å². The fraction of sp³-hybridized carbons (Fsp3) is 0.550. The summed E-state index contributed by atoms with van der Waals surface area (Å²) in [6.07, 6.45) is 2.35. The number of aryl methyl sites for hydroxylation is 2. The zero-order chi connectivity index (χ0) is 22.2. The van der Waals surface area contributed by atoms with Crippen LogP contribution in [0.5, 0.6) is 0 Å². The van der Waals surface area contributed by atoms with Crippen molar-refractivity contribution in [2.45, 2.75) is 52.2 Å². The van der Waals surface area contributed by atoms with Crippen molar-refractivity contribution in [3.05, 3.63) is 33.8 Å². The Balaban J connectivity index is 1.85. The molecule has 0 radical (unpaired) electrons. The van der Waals surface area contributed by atoms with Crippen LogP contribution in [0.3, 0.4) is 0 Å². The Bertz CT molecular complexity index is 955. The van der Waals surface area contributed by atoms with Crippen LogP contribution in [0.1, 0.15) is 71.5 Å². The van der Waals surface area contributed by atoms with Crippen molar-refractivity contribution >= 4 is 29.2 Å². The van der Waals surface area contributed by atoms with Crippen molar-refractivity contribution in [1.82, 2.24) is 19.4 Å². The third kappa shape index (κ3) is 4.86. The van der Waals surface area contributed by atoms with Crippen LogP contribution in [0.25, 0.3) is 0 Å². The summed E-state index contributed by atoms with van der Waals surface area (Å²) < 4.78 is 7.19. The van der Waals surface area contributed by atoms with E-state index >= 15 is 0 Å². The quantitative estimate of drug-likeness (QED) is 0.720. The highest BCUT2D eigenvalue weighted by atomic mass is 32.1. The first-order valence-corrected chi connectivity index (χ1v) is 10.5. The Labute approximate surface area is 178 Å². The summed E-state index contributed by atoms with van der Waals surface area (Å²) in [7, 11) is 1.81. The number of hydrogen-bond acceptors (Lipinski definition) is 7. The minimum atomic E-state index is -1.11. The molecule has 1 aliphatic heterocycles. The van der Waals surface area contributed by atoms with Crippen molar-refractivity contribution in [1.29, 1.82) is 0 Å². The van der Waals surface area contributed by atoms with Crippen molar-refractivity contribution in [2.75, 3.05) is 6.54 Å². The van der Waals surface area contributed by atoms with Gasteiger partial charge >= 0.3 is 11.9 Å². The fourth-order valence-electron chi connectivity index (χ4n) is 3.50. The molecular weight excluding hydrogens is 408 g/mol. The minimum Gasteiger partial charge on any atom is -0.476 e. The summed E-state index contributed by atoms with van der Waals surface area (Å²) in [5.41, 5.74) is -0.318. The number of esters is 1. The summed E-state index contributed by atoms with van der Waals surface area (Å²) in [4.78, 5) is 46.9. The summed E-state index contributed by atoms with van der Waals surface area (Å²) in [5, 5.41) is 11.2. The van der Waals surface area contributed by atoms with Gasteiger partial charge in [-0.2, -0.15) is 0 Å². The van der Waals surface area contributed by atoms with Crippen LogP contribution >= 0.6 is 11.3 Å². The standard InChI is InChI=1S/C20H26N4O5S/c1-11-21-13(9-23(11)5)18(26)24-8-12(7-16(25)29-20(2,3)4)6-15(24)17-22-14(10-30-17)19(27)28/h9-10,12,15H,6-8H2,1-5H3,(H,27,28)/t12-,15-/m0/s1. The zero-order valence-corrected chi connectivity index (χ0v) is 18.5. The average Bonchev–Trinajstić information content (AvgIpc) is 3.31. The summed E-state index contributed by atoms with van der Waals surface area (Å²) in [5.74, 6) is -1.10. The average molecular weight is 435 g/mol. The molecule has 1 amide bonds. The van der Waals surface area contributed by atoms with Gasteiger partial charge in [0.15, 0.2) is 5.69 Å². The van der Waals surface area contributed by atoms with Gasteiger partial charge in [0.1, 0.15) is 22.1 Å². The van der Waals surface area contributed by atoms with Gasteiger partial charge in [-0.15, -0.1) is 11.3 Å². The van der Waals surface area contributed by atoms with Gasteiger partial charge in [0.25, 0.3) is 5.91 Å². The molecule has 1 fully saturated rings. The molecule has 10 heteroatoms. The molecule has 0 aromatic carbocycles. The molecule has 0 bridgehead atoms. The van der Waals surface area contributed by atoms with Crippen molar-refractivity contribution in [2.24, 2.45) is 13.0 Å². The molecule has 3 rings (SSSR count). The number of carbonyl (C=O) groups excluding carboxylic acids is 2. The normalized spacial score (nSPS) is 19.2. The summed E-state index contributed by atoms with van der Waals surface area (Å²) in [6.45, 7) is 7.59. The highest BCUT2D eigenvalue weighted by Gasteiger charge is 2.40. The molecule has 0 aliphatic carbocycles. The van der Waals surface area contributed by atoms with Crippen LogP contribution < -0.4 is 0 Å². The molecule has 2 atom stereocenters. The van der Waals surface area contributed by atoms with Gasteiger partial charge in [0.2, 0.25) is 0 Å². The fourth-order valence-corrected chi connectivity index (χ4v) is 4.41. The first-order chi connectivity index (χ1) is 13.9. The Hall–Kier alpha value is -2.75. The number of hydrogen-bond donors (Lipinski definition) is 1. The Morgan fingerprint density at radius 1 is 1.27 bits per heavy atom. The highest BCUT2D eigenvalue weighted by Crippen LogP contribution is 2.39. The number of aromatic nitrogens is 3. The van der Waals surface area contributed by atoms with Gasteiger partial charge in [-0.05, 0) is 40.0 Å². The third-order valence-electron chi connectivity index (χ3n) is 4.88. The third-order valence-corrected chi connectivity index (χ3v) is 5.82. The van der Waals surface area contributed by atoms with Crippen LogP contribution in [0.4, 0.5) is 0 Å². The molecule has 1 N–H and O–H groups in total. The first kappa shape index (κ1) is 21.9. The number of thiazole rings is 1. The molecule has 1 saturated heterocycles. The number of imidazole rings is 1. The van der Waals surface area contributed by atoms with E-state index in [1.54, 1.807) is 15.7 Å². The lowest BCUT2D eigenvalue weighted by Gasteiger charge is -2.22. The van der Waals surface area contributed by atoms with E-state index in [9.17, 15) is 19.5 Å². The van der Waals surface area contributed by atoms with Gasteiger partial charge in [-0.3, -0.25) is 9.59 Å². The Kier molecular flexibility index (Phi) is 5.98. The highest BCUT2D eigenvalue weighted by molar-refractivity contribution is 7.09. The van der Waals surface area contributed by atoms with E-state index in [2.05, 4.69) is 9.97 Å². The second-order valence-corrected chi connectivity index (χ2v) is 9.42. The van der Waals surface area contributed by atoms with E-state index in [-0.39, 0.29) is 29.9 Å². The SMILES string of the molecule is Cc1nc(C(=O)N2C[C@H](CC(=O)OC(C)(C)C)C[C@H]2c2nc(C(=O)O)cs2)cn1C. The maximum Gasteiger partial charge on any atom is 0.355 e. The van der Waals surface area contributed by atoms with Gasteiger partial charge in [-0.1, -0.05) is 0 Å². The van der Waals surface area contributed by atoms with E-state index in [4.69, 9.17) is 4.74 Å². The smallest absolute Gasteiger partial charge is 0.355 e. The van der Waals surface area contributed by atoms with Gasteiger partial charge in [0, 0.05) is 25.2 Å². The predicted octanol–water partition coefficient (Wildman–Crippen LogP) is 2.82. The van der Waals surface area contributed by atoms with Gasteiger partial charge in [-0.25, -0.2) is 14.8 Å². The molecule has 1 aliphatic rings. The van der Waals surface area contributed by atoms with E-state index in [0.29, 0.717) is 29.5 Å². The molecule has 2 aromatic rings. The molecule has 30 heavy (non-hydrogen) atoms. The maximum atomic E-state index is 13.2. The van der Waals surface area contributed by atoms with Crippen molar-refractivity contribution in [3.8, 4) is 0 Å². The number of carboxylic acid groups (broad SMARTS) is 1. The number of rotatable bonds is 5. The molecule has 0 unspecified atom stereocenters. The lowest BCUT2D eigenvalue weighted by atomic mass is 10.0. The minimum absolute atomic E-state index is 0.0494. The topological polar surface area (TPSA) is 115 Å². The zero-order valence-electron chi connectivity index (χ0n) is 17.7. The molecule has 9 nitrogen and oxygen atoms in total. The first-order valence-electron chi connectivity index (χ1n) is 9.66. The number of amides is 1. The van der Waals surface area contributed by atoms with E-state index in [0.717, 1.165) is 0 Å². The summed E-state index contributed by atoms with van der Waals surface area (Å²) >= 11 is 1.20. The van der Waals surface area contributed by atoms with E-state index < -0.39 is 17.6 Å². The maximum absolute atomic E-state index is 13.2. The molecule has 0 saturated carbocycles. The van der Waals surface area contributed by atoms with E-state index in [1.165, 1.54) is 16.7 Å². The Morgan fingerprint density at radius 3 is 2.50 bits per heavy atom. The Morgan fingerprint density at radius 2 is 1.97 bits per heavy atom. The van der Waals surface area contributed by atoms with Gasteiger partial charge in [0.05, 0.1) is 12.5 Å². The predicted molar refractivity (Wildman–Crippen MR) is 109 cm³/mol. The molecule has 162 valence electrons. The second-order valence-electron chi connectivity index (χ2n) is 8.53. The van der Waals surface area contributed by atoms with Crippen LogP contribution in [-0.4, -0.2) is 54.5 Å². The number of carboxylic acids is 1. The van der Waals surface area contributed by atoms with Crippen LogP contribution in [0, 0.1) is 12.8 Å². The molecular formula is C20H26N4O5S. The van der Waals surface area contributed by atoms with Crippen LogP contribution in [-0.2, 0) is 16.6 Å². The monoisotopic (exact) mass is 434 g/mol. The van der Waals surface area contributed by atoms with Crippen LogP contribution in [0.15, 0.2) is 11.6 Å². The summed E-state index contributed by atoms with van der Waals surface area (Å²) in [6, 6.07) is -0.412. The largest absolute Gasteiger partial charge is 0.476 e. The lowest BCUT2D eigenvalue weighted by molar-refractivity contribution is -0.155. The second kappa shape index (κ2) is 8.17. The van der Waals surface area contributed by atoms with Crippen molar-refractivity contribution in [3.63, 3.8) is 0 Å². The van der Waals surface area contributed by atoms with Crippen molar-refractivity contribution < 1.29 is 24.2 Å². The number of carbonyl (C=O) groups is 3. The van der Waals surface area contributed by atoms with Crippen LogP contribution in [0.2, 0.25) is 0 Å². The van der Waals surface area contributed by atoms with E-state index in [1.807, 2.05) is 34.7 Å². The molecule has 3 heterocycles. The molecule has 2 aromatic heterocycles. The number of ether oxygens (including phenoxy) is 1. The number of likely N-dealkylation sites (tertiary alicyclic amines) is 1.